The van der Waals surface area contributed by atoms with Crippen molar-refractivity contribution in [3.8, 4) is 0 Å². The van der Waals surface area contributed by atoms with Crippen LogP contribution in [-0.2, 0) is 9.59 Å². The molecule has 0 saturated carbocycles. The summed E-state index contributed by atoms with van der Waals surface area (Å²) in [6.07, 6.45) is 4.97. The van der Waals surface area contributed by atoms with E-state index in [0.717, 1.165) is 25.7 Å². The highest BCUT2D eigenvalue weighted by molar-refractivity contribution is 5.84. The molecule has 14 heavy (non-hydrogen) atoms. The molecule has 2 saturated heterocycles. The fraction of sp³-hybridized carbons (Fsp3) is 0.800. The quantitative estimate of drug-likeness (QED) is 0.682. The molecular weight excluding hydrogens is 182 g/mol. The number of amides is 1. The van der Waals surface area contributed by atoms with Crippen molar-refractivity contribution in [1.82, 2.24) is 4.90 Å². The Labute approximate surface area is 82.9 Å². The maximum absolute atomic E-state index is 11.7. The summed E-state index contributed by atoms with van der Waals surface area (Å²) in [5, 5.41) is 8.97. The summed E-state index contributed by atoms with van der Waals surface area (Å²) < 4.78 is 0. The molecule has 1 unspecified atom stereocenters. The Bertz CT molecular complexity index is 264. The Morgan fingerprint density at radius 1 is 1.29 bits per heavy atom. The van der Waals surface area contributed by atoms with Gasteiger partial charge in [0, 0.05) is 12.5 Å². The van der Waals surface area contributed by atoms with Gasteiger partial charge in [0.1, 0.15) is 6.04 Å². The summed E-state index contributed by atoms with van der Waals surface area (Å²) in [6, 6.07) is -0.350. The number of hydrogen-bond donors (Lipinski definition) is 1. The van der Waals surface area contributed by atoms with Crippen LogP contribution in [0.3, 0.4) is 0 Å². The van der Waals surface area contributed by atoms with E-state index >= 15 is 0 Å². The van der Waals surface area contributed by atoms with E-state index in [1.807, 2.05) is 0 Å². The first-order valence-electron chi connectivity index (χ1n) is 5.24. The second-order valence-corrected chi connectivity index (χ2v) is 4.13. The first-order valence-corrected chi connectivity index (χ1v) is 5.24. The average molecular weight is 197 g/mol. The zero-order chi connectivity index (χ0) is 10.1. The number of carboxylic acids is 1. The zero-order valence-electron chi connectivity index (χ0n) is 8.11. The van der Waals surface area contributed by atoms with Gasteiger partial charge in [0.05, 0.1) is 0 Å². The SMILES string of the molecule is O=C(O)C1CC[C@H]2CCCCC(=O)N12. The minimum atomic E-state index is -0.845. The minimum absolute atomic E-state index is 0.0393. The molecule has 4 nitrogen and oxygen atoms in total. The van der Waals surface area contributed by atoms with Crippen molar-refractivity contribution in [3.63, 3.8) is 0 Å². The lowest BCUT2D eigenvalue weighted by Gasteiger charge is -2.26. The highest BCUT2D eigenvalue weighted by atomic mass is 16.4. The van der Waals surface area contributed by atoms with Gasteiger partial charge in [-0.2, -0.15) is 0 Å². The molecule has 1 amide bonds. The Morgan fingerprint density at radius 3 is 2.79 bits per heavy atom. The molecule has 4 heteroatoms. The Balaban J connectivity index is 2.18. The molecule has 2 fully saturated rings. The topological polar surface area (TPSA) is 57.6 Å². The highest BCUT2D eigenvalue weighted by Crippen LogP contribution is 2.31. The van der Waals surface area contributed by atoms with Crippen LogP contribution in [0, 0.1) is 0 Å². The van der Waals surface area contributed by atoms with Gasteiger partial charge in [-0.1, -0.05) is 6.42 Å². The van der Waals surface area contributed by atoms with Crippen LogP contribution >= 0.6 is 0 Å². The van der Waals surface area contributed by atoms with E-state index in [1.54, 1.807) is 4.90 Å². The molecule has 2 atom stereocenters. The molecule has 0 aromatic heterocycles. The maximum Gasteiger partial charge on any atom is 0.326 e. The van der Waals surface area contributed by atoms with E-state index in [2.05, 4.69) is 0 Å². The molecule has 0 bridgehead atoms. The summed E-state index contributed by atoms with van der Waals surface area (Å²) in [5.74, 6) is -0.805. The predicted molar refractivity (Wildman–Crippen MR) is 49.8 cm³/mol. The summed E-state index contributed by atoms with van der Waals surface area (Å²) >= 11 is 0. The summed E-state index contributed by atoms with van der Waals surface area (Å²) in [5.41, 5.74) is 0. The molecule has 2 aliphatic heterocycles. The predicted octanol–water partition coefficient (Wildman–Crippen LogP) is 1.00. The number of carbonyl (C=O) groups is 2. The fourth-order valence-electron chi connectivity index (χ4n) is 2.57. The molecule has 0 aromatic rings. The third-order valence-corrected chi connectivity index (χ3v) is 3.25. The normalized spacial score (nSPS) is 32.6. The summed E-state index contributed by atoms with van der Waals surface area (Å²) in [6.45, 7) is 0. The van der Waals surface area contributed by atoms with Crippen LogP contribution in [0.25, 0.3) is 0 Å². The van der Waals surface area contributed by atoms with Crippen LogP contribution in [-0.4, -0.2) is 34.0 Å². The molecular formula is C10H15NO3. The lowest BCUT2D eigenvalue weighted by molar-refractivity contribution is -0.149. The van der Waals surface area contributed by atoms with E-state index in [4.69, 9.17) is 5.11 Å². The van der Waals surface area contributed by atoms with Gasteiger partial charge in [-0.25, -0.2) is 4.79 Å². The van der Waals surface area contributed by atoms with Gasteiger partial charge in [-0.15, -0.1) is 0 Å². The largest absolute Gasteiger partial charge is 0.480 e. The number of hydrogen-bond acceptors (Lipinski definition) is 2. The Kier molecular flexibility index (Phi) is 2.44. The van der Waals surface area contributed by atoms with Crippen molar-refractivity contribution in [2.24, 2.45) is 0 Å². The van der Waals surface area contributed by atoms with Crippen LogP contribution in [0.5, 0.6) is 0 Å². The number of carbonyl (C=O) groups excluding carboxylic acids is 1. The second-order valence-electron chi connectivity index (χ2n) is 4.13. The minimum Gasteiger partial charge on any atom is -0.480 e. The van der Waals surface area contributed by atoms with Crippen LogP contribution < -0.4 is 0 Å². The van der Waals surface area contributed by atoms with Crippen molar-refractivity contribution < 1.29 is 14.7 Å². The number of nitrogens with zero attached hydrogens (tertiary/aromatic N) is 1. The van der Waals surface area contributed by atoms with Crippen LogP contribution in [0.4, 0.5) is 0 Å². The molecule has 2 rings (SSSR count). The lowest BCUT2D eigenvalue weighted by Crippen LogP contribution is -2.43. The van der Waals surface area contributed by atoms with Crippen molar-refractivity contribution in [2.75, 3.05) is 0 Å². The third-order valence-electron chi connectivity index (χ3n) is 3.25. The number of rotatable bonds is 1. The third kappa shape index (κ3) is 1.49. The molecule has 0 aromatic carbocycles. The average Bonchev–Trinajstić information content (AvgIpc) is 2.48. The molecule has 78 valence electrons. The molecule has 0 radical (unpaired) electrons. The summed E-state index contributed by atoms with van der Waals surface area (Å²) in [7, 11) is 0. The van der Waals surface area contributed by atoms with Gasteiger partial charge in [-0.3, -0.25) is 4.79 Å². The number of fused-ring (bicyclic) bond motifs is 1. The molecule has 2 heterocycles. The molecule has 1 N–H and O–H groups in total. The van der Waals surface area contributed by atoms with Crippen LogP contribution in [0.15, 0.2) is 0 Å². The molecule has 0 spiro atoms. The van der Waals surface area contributed by atoms with E-state index < -0.39 is 12.0 Å². The van der Waals surface area contributed by atoms with Gasteiger partial charge in [0.15, 0.2) is 0 Å². The first kappa shape index (κ1) is 9.49. The van der Waals surface area contributed by atoms with E-state index in [1.165, 1.54) is 0 Å². The standard InChI is InChI=1S/C10H15NO3/c12-9-4-2-1-3-7-5-6-8(10(13)14)11(7)9/h7-8H,1-6H2,(H,13,14)/t7-,8?/m1/s1. The highest BCUT2D eigenvalue weighted by Gasteiger charge is 2.41. The van der Waals surface area contributed by atoms with E-state index in [-0.39, 0.29) is 11.9 Å². The van der Waals surface area contributed by atoms with Crippen molar-refractivity contribution in [2.45, 2.75) is 50.6 Å². The second kappa shape index (κ2) is 3.59. The Hall–Kier alpha value is -1.06. The Morgan fingerprint density at radius 2 is 2.07 bits per heavy atom. The van der Waals surface area contributed by atoms with E-state index in [0.29, 0.717) is 12.8 Å². The van der Waals surface area contributed by atoms with Gasteiger partial charge in [0.25, 0.3) is 0 Å². The first-order chi connectivity index (χ1) is 6.70. The summed E-state index contributed by atoms with van der Waals surface area (Å²) in [4.78, 5) is 24.2. The van der Waals surface area contributed by atoms with Crippen LogP contribution in [0.1, 0.15) is 38.5 Å². The monoisotopic (exact) mass is 197 g/mol. The smallest absolute Gasteiger partial charge is 0.326 e. The number of aliphatic carboxylic acids is 1. The molecule has 0 aliphatic carbocycles. The van der Waals surface area contributed by atoms with E-state index in [9.17, 15) is 9.59 Å². The molecule has 2 aliphatic rings. The van der Waals surface area contributed by atoms with Gasteiger partial charge >= 0.3 is 5.97 Å². The number of carboxylic acid groups (broad SMARTS) is 1. The van der Waals surface area contributed by atoms with Gasteiger partial charge in [-0.05, 0) is 25.7 Å². The van der Waals surface area contributed by atoms with Crippen molar-refractivity contribution in [3.05, 3.63) is 0 Å². The lowest BCUT2D eigenvalue weighted by atomic mass is 10.1. The van der Waals surface area contributed by atoms with Crippen molar-refractivity contribution >= 4 is 11.9 Å². The van der Waals surface area contributed by atoms with Crippen LogP contribution in [0.2, 0.25) is 0 Å². The zero-order valence-corrected chi connectivity index (χ0v) is 8.11. The fourth-order valence-corrected chi connectivity index (χ4v) is 2.57. The maximum atomic E-state index is 11.7. The van der Waals surface area contributed by atoms with Gasteiger partial charge < -0.3 is 10.0 Å². The van der Waals surface area contributed by atoms with Gasteiger partial charge in [0.2, 0.25) is 5.91 Å². The van der Waals surface area contributed by atoms with Crippen molar-refractivity contribution in [1.29, 1.82) is 0 Å².